The van der Waals surface area contributed by atoms with E-state index in [9.17, 15) is 10.1 Å². The van der Waals surface area contributed by atoms with Gasteiger partial charge >= 0.3 is 0 Å². The van der Waals surface area contributed by atoms with E-state index in [0.29, 0.717) is 43.2 Å². The summed E-state index contributed by atoms with van der Waals surface area (Å²) in [5.74, 6) is 1.36. The van der Waals surface area contributed by atoms with Crippen LogP contribution in [0.5, 0.6) is 0 Å². The van der Waals surface area contributed by atoms with Crippen LogP contribution in [0.3, 0.4) is 0 Å². The second kappa shape index (κ2) is 8.93. The second-order valence-electron chi connectivity index (χ2n) is 9.97. The predicted molar refractivity (Wildman–Crippen MR) is 139 cm³/mol. The molecule has 192 valence electrons. The molecule has 3 atom stereocenters. The quantitative estimate of drug-likeness (QED) is 0.444. The molecule has 6 heterocycles. The summed E-state index contributed by atoms with van der Waals surface area (Å²) in [6.45, 7) is 4.62. The number of nitriles is 1. The van der Waals surface area contributed by atoms with Crippen molar-refractivity contribution in [2.24, 2.45) is 0 Å². The van der Waals surface area contributed by atoms with Crippen molar-refractivity contribution in [2.75, 3.05) is 36.1 Å². The molecule has 2 bridgehead atoms. The number of anilines is 2. The maximum atomic E-state index is 12.9. The van der Waals surface area contributed by atoms with E-state index in [1.54, 1.807) is 16.9 Å². The number of hydrogen-bond acceptors (Lipinski definition) is 8. The van der Waals surface area contributed by atoms with Gasteiger partial charge in [0.15, 0.2) is 17.2 Å². The zero-order chi connectivity index (χ0) is 25.8. The minimum atomic E-state index is -0.336. The number of nitrogens with one attached hydrogen (secondary N) is 1. The number of morpholine rings is 2. The average molecular weight is 511 g/mol. The molecule has 11 nitrogen and oxygen atoms in total. The van der Waals surface area contributed by atoms with E-state index < -0.39 is 0 Å². The van der Waals surface area contributed by atoms with Gasteiger partial charge in [-0.1, -0.05) is 12.1 Å². The molecule has 1 N–H and O–H groups in total. The highest BCUT2D eigenvalue weighted by atomic mass is 16.5. The zero-order valence-electron chi connectivity index (χ0n) is 20.9. The lowest BCUT2D eigenvalue weighted by Crippen LogP contribution is -2.47. The lowest BCUT2D eigenvalue weighted by molar-refractivity contribution is -0.133. The van der Waals surface area contributed by atoms with Gasteiger partial charge in [0, 0.05) is 24.5 Å². The Balaban J connectivity index is 1.36. The summed E-state index contributed by atoms with van der Waals surface area (Å²) in [6.07, 6.45) is 3.17. The number of aromatic nitrogens is 5. The first kappa shape index (κ1) is 22.9. The summed E-state index contributed by atoms with van der Waals surface area (Å²) in [4.78, 5) is 21.9. The molecule has 0 spiro atoms. The Kier molecular flexibility index (Phi) is 5.38. The fourth-order valence-electron chi connectivity index (χ4n) is 5.70. The maximum absolute atomic E-state index is 12.9. The van der Waals surface area contributed by atoms with Crippen molar-refractivity contribution < 1.29 is 14.3 Å². The summed E-state index contributed by atoms with van der Waals surface area (Å²) in [5.41, 5.74) is 3.44. The molecular weight excluding hydrogens is 484 g/mol. The number of ether oxygens (including phenoxy) is 2. The molecule has 3 aliphatic heterocycles. The highest BCUT2D eigenvalue weighted by Gasteiger charge is 2.40. The molecule has 3 aliphatic rings. The molecule has 7 rings (SSSR count). The predicted octanol–water partition coefficient (Wildman–Crippen LogP) is 2.80. The molecule has 3 aromatic heterocycles. The number of rotatable bonds is 4. The van der Waals surface area contributed by atoms with E-state index in [-0.39, 0.29) is 29.9 Å². The third-order valence-electron chi connectivity index (χ3n) is 7.62. The summed E-state index contributed by atoms with van der Waals surface area (Å²) in [6, 6.07) is 14.1. The van der Waals surface area contributed by atoms with Gasteiger partial charge in [0.1, 0.15) is 18.0 Å². The Labute approximate surface area is 218 Å². The first-order valence-corrected chi connectivity index (χ1v) is 12.9. The SMILES string of the molecule is C[C@@H]1COCCN1c1cc(-c2ccc(N3CC4CCC(O4)C3=O)cc2)c2c(C#N)nn(-c3cc[nH]n3)c2n1. The average Bonchev–Trinajstić information content (AvgIpc) is 3.70. The maximum Gasteiger partial charge on any atom is 0.256 e. The fraction of sp³-hybridized carbons (Fsp3) is 0.370. The number of benzene rings is 1. The van der Waals surface area contributed by atoms with E-state index in [1.165, 1.54) is 0 Å². The van der Waals surface area contributed by atoms with E-state index in [1.807, 2.05) is 35.2 Å². The summed E-state index contributed by atoms with van der Waals surface area (Å²) in [5, 5.41) is 22.3. The molecule has 3 saturated heterocycles. The summed E-state index contributed by atoms with van der Waals surface area (Å²) >= 11 is 0. The standard InChI is InChI=1S/C27H26N8O3/c1-16-15-37-11-10-33(16)24-12-20(25-21(13-28)32-35(26(25)30-24)23-8-9-29-31-23)17-2-4-18(5-3-17)34-14-19-6-7-22(38-19)27(34)36/h2-5,8-9,12,16,19,22H,6-7,10-11,14-15H2,1H3,(H,29,31)/t16-,19?,22?/m1/s1. The monoisotopic (exact) mass is 510 g/mol. The number of nitrogens with zero attached hydrogens (tertiary/aromatic N) is 7. The summed E-state index contributed by atoms with van der Waals surface area (Å²) < 4.78 is 13.0. The molecule has 11 heteroatoms. The normalized spacial score (nSPS) is 23.3. The van der Waals surface area contributed by atoms with Gasteiger partial charge in [0.05, 0.1) is 37.3 Å². The van der Waals surface area contributed by atoms with Gasteiger partial charge < -0.3 is 19.3 Å². The van der Waals surface area contributed by atoms with Crippen LogP contribution in [0.15, 0.2) is 42.6 Å². The molecule has 0 radical (unpaired) electrons. The van der Waals surface area contributed by atoms with Gasteiger partial charge in [0.25, 0.3) is 5.91 Å². The van der Waals surface area contributed by atoms with E-state index in [0.717, 1.165) is 35.5 Å². The number of carbonyl (C=O) groups is 1. The molecular formula is C27H26N8O3. The number of fused-ring (bicyclic) bond motifs is 3. The van der Waals surface area contributed by atoms with Gasteiger partial charge in [-0.3, -0.25) is 9.89 Å². The highest BCUT2D eigenvalue weighted by Crippen LogP contribution is 2.37. The van der Waals surface area contributed by atoms with Gasteiger partial charge in [-0.05, 0) is 49.1 Å². The van der Waals surface area contributed by atoms with Crippen LogP contribution >= 0.6 is 0 Å². The van der Waals surface area contributed by atoms with E-state index in [4.69, 9.17) is 14.5 Å². The van der Waals surface area contributed by atoms with Gasteiger partial charge in [-0.2, -0.15) is 20.1 Å². The van der Waals surface area contributed by atoms with Gasteiger partial charge in [-0.25, -0.2) is 4.98 Å². The van der Waals surface area contributed by atoms with Crippen LogP contribution in [0.1, 0.15) is 25.5 Å². The van der Waals surface area contributed by atoms with Crippen molar-refractivity contribution in [2.45, 2.75) is 38.0 Å². The first-order chi connectivity index (χ1) is 18.6. The Morgan fingerprint density at radius 2 is 2.03 bits per heavy atom. The number of hydrogen-bond donors (Lipinski definition) is 1. The second-order valence-corrected chi connectivity index (χ2v) is 9.97. The smallest absolute Gasteiger partial charge is 0.256 e. The molecule has 1 amide bonds. The van der Waals surface area contributed by atoms with Crippen LogP contribution in [0, 0.1) is 11.3 Å². The fourth-order valence-corrected chi connectivity index (χ4v) is 5.70. The molecule has 4 aromatic rings. The van der Waals surface area contributed by atoms with Crippen LogP contribution in [0.25, 0.3) is 28.0 Å². The number of carbonyl (C=O) groups excluding carboxylic acids is 1. The van der Waals surface area contributed by atoms with Crippen molar-refractivity contribution in [3.63, 3.8) is 0 Å². The third kappa shape index (κ3) is 3.64. The Bertz CT molecular complexity index is 1560. The largest absolute Gasteiger partial charge is 0.377 e. The number of pyridine rings is 1. The van der Waals surface area contributed by atoms with Gasteiger partial charge in [-0.15, -0.1) is 0 Å². The van der Waals surface area contributed by atoms with Gasteiger partial charge in [0.2, 0.25) is 0 Å². The van der Waals surface area contributed by atoms with E-state index in [2.05, 4.69) is 33.2 Å². The number of H-pyrrole nitrogens is 1. The lowest BCUT2D eigenvalue weighted by atomic mass is 10.0. The molecule has 2 unspecified atom stereocenters. The highest BCUT2D eigenvalue weighted by molar-refractivity contribution is 6.00. The van der Waals surface area contributed by atoms with Crippen molar-refractivity contribution in [1.82, 2.24) is 25.0 Å². The minimum absolute atomic E-state index is 0.0217. The van der Waals surface area contributed by atoms with Crippen LogP contribution in [-0.4, -0.2) is 75.4 Å². The Hall–Kier alpha value is -4.27. The van der Waals surface area contributed by atoms with Crippen molar-refractivity contribution in [3.05, 3.63) is 48.3 Å². The third-order valence-corrected chi connectivity index (χ3v) is 7.62. The van der Waals surface area contributed by atoms with Crippen molar-refractivity contribution in [3.8, 4) is 23.0 Å². The Morgan fingerprint density at radius 1 is 1.16 bits per heavy atom. The zero-order valence-corrected chi connectivity index (χ0v) is 20.9. The molecule has 0 aliphatic carbocycles. The molecule has 3 fully saturated rings. The minimum Gasteiger partial charge on any atom is -0.377 e. The van der Waals surface area contributed by atoms with Crippen LogP contribution in [0.4, 0.5) is 11.5 Å². The van der Waals surface area contributed by atoms with Crippen LogP contribution in [-0.2, 0) is 14.3 Å². The summed E-state index contributed by atoms with van der Waals surface area (Å²) in [7, 11) is 0. The van der Waals surface area contributed by atoms with Crippen LogP contribution in [0.2, 0.25) is 0 Å². The molecule has 0 saturated carbocycles. The van der Waals surface area contributed by atoms with Crippen molar-refractivity contribution in [1.29, 1.82) is 5.26 Å². The number of amides is 1. The topological polar surface area (TPSA) is 125 Å². The number of aromatic amines is 1. The van der Waals surface area contributed by atoms with Crippen LogP contribution < -0.4 is 9.80 Å². The van der Waals surface area contributed by atoms with Crippen molar-refractivity contribution >= 4 is 28.4 Å². The molecule has 38 heavy (non-hydrogen) atoms. The Morgan fingerprint density at radius 3 is 2.79 bits per heavy atom. The molecule has 1 aromatic carbocycles. The van der Waals surface area contributed by atoms with E-state index >= 15 is 0 Å². The first-order valence-electron chi connectivity index (χ1n) is 12.9. The lowest BCUT2D eigenvalue weighted by Gasteiger charge is -2.34.